The Bertz CT molecular complexity index is 1480. The van der Waals surface area contributed by atoms with Gasteiger partial charge < -0.3 is 19.7 Å². The maximum atomic E-state index is 12.9. The van der Waals surface area contributed by atoms with Crippen LogP contribution >= 0.6 is 0 Å². The molecule has 1 unspecified atom stereocenters. The van der Waals surface area contributed by atoms with Crippen LogP contribution in [0.4, 0.5) is 0 Å². The van der Waals surface area contributed by atoms with Crippen molar-refractivity contribution in [1.29, 1.82) is 0 Å². The van der Waals surface area contributed by atoms with E-state index in [2.05, 4.69) is 71.2 Å². The van der Waals surface area contributed by atoms with E-state index in [1.54, 1.807) is 11.2 Å². The highest BCUT2D eigenvalue weighted by Gasteiger charge is 2.29. The van der Waals surface area contributed by atoms with Crippen LogP contribution in [0.25, 0.3) is 27.8 Å². The highest BCUT2D eigenvalue weighted by Crippen LogP contribution is 2.38. The number of carbonyl (C=O) groups excluding carboxylic acids is 1. The molecule has 0 bridgehead atoms. The Hall–Kier alpha value is -3.27. The number of ether oxygens (including phenoxy) is 1. The summed E-state index contributed by atoms with van der Waals surface area (Å²) in [7, 11) is 0. The molecule has 2 N–H and O–H groups in total. The topological polar surface area (TPSA) is 99.0 Å². The van der Waals surface area contributed by atoms with Gasteiger partial charge in [-0.25, -0.2) is 9.50 Å². The van der Waals surface area contributed by atoms with E-state index in [-0.39, 0.29) is 18.6 Å². The lowest BCUT2D eigenvalue weighted by Crippen LogP contribution is -2.53. The molecule has 0 spiro atoms. The van der Waals surface area contributed by atoms with Crippen molar-refractivity contribution in [1.82, 2.24) is 29.4 Å². The van der Waals surface area contributed by atoms with Crippen molar-refractivity contribution in [3.8, 4) is 11.3 Å². The average Bonchev–Trinajstić information content (AvgIpc) is 3.58. The minimum atomic E-state index is -0.223. The monoisotopic (exact) mass is 530 g/mol. The molecule has 6 rings (SSSR count). The second kappa shape index (κ2) is 10.7. The van der Waals surface area contributed by atoms with Gasteiger partial charge in [0.2, 0.25) is 5.91 Å². The van der Waals surface area contributed by atoms with Gasteiger partial charge in [-0.05, 0) is 79.6 Å². The first kappa shape index (κ1) is 26.0. The Labute approximate surface area is 228 Å². The molecule has 4 aromatic rings. The van der Waals surface area contributed by atoms with Gasteiger partial charge in [-0.2, -0.15) is 5.10 Å². The van der Waals surface area contributed by atoms with Crippen LogP contribution in [0.3, 0.4) is 0 Å². The zero-order valence-corrected chi connectivity index (χ0v) is 23.1. The number of nitrogens with one attached hydrogen (secondary N) is 1. The molecular weight excluding hydrogens is 492 g/mol. The first-order chi connectivity index (χ1) is 18.9. The number of pyridine rings is 1. The first-order valence-electron chi connectivity index (χ1n) is 14.1. The van der Waals surface area contributed by atoms with E-state index >= 15 is 0 Å². The van der Waals surface area contributed by atoms with Crippen molar-refractivity contribution >= 4 is 22.5 Å². The molecule has 9 nitrogen and oxygen atoms in total. The third-order valence-electron chi connectivity index (χ3n) is 8.46. The second-order valence-electron chi connectivity index (χ2n) is 11.4. The molecule has 2 saturated heterocycles. The standard InChI is InChI=1S/C30H38N6O3/c1-19(2)28-25-13-22(4-5-26(25)33-29(28)23-12-20(3)30-31-18-32-36(30)14-23)21-6-8-34(9-7-21)15-27(38)35-10-11-39-17-24(35)16-37/h4-5,12-14,18-19,21,24,33,37H,6-11,15-17H2,1-3H3. The minimum Gasteiger partial charge on any atom is -0.394 e. The minimum absolute atomic E-state index is 0.0514. The summed E-state index contributed by atoms with van der Waals surface area (Å²) < 4.78 is 7.28. The molecule has 5 heterocycles. The van der Waals surface area contributed by atoms with E-state index < -0.39 is 0 Å². The highest BCUT2D eigenvalue weighted by molar-refractivity contribution is 5.92. The molecule has 206 valence electrons. The molecule has 9 heteroatoms. The zero-order chi connectivity index (χ0) is 27.1. The quantitative estimate of drug-likeness (QED) is 0.394. The van der Waals surface area contributed by atoms with E-state index in [0.29, 0.717) is 38.1 Å². The fraction of sp³-hybridized carbons (Fsp3) is 0.500. The van der Waals surface area contributed by atoms with Crippen LogP contribution in [0.2, 0.25) is 0 Å². The lowest BCUT2D eigenvalue weighted by Gasteiger charge is -2.37. The predicted molar refractivity (Wildman–Crippen MR) is 151 cm³/mol. The number of piperidine rings is 1. The van der Waals surface area contributed by atoms with E-state index in [0.717, 1.165) is 53.9 Å². The van der Waals surface area contributed by atoms with Crippen molar-refractivity contribution in [2.45, 2.75) is 51.5 Å². The van der Waals surface area contributed by atoms with Crippen molar-refractivity contribution in [2.24, 2.45) is 0 Å². The molecular formula is C30H38N6O3. The third kappa shape index (κ3) is 4.95. The largest absolute Gasteiger partial charge is 0.394 e. The summed E-state index contributed by atoms with van der Waals surface area (Å²) in [6.07, 6.45) is 5.72. The van der Waals surface area contributed by atoms with E-state index in [4.69, 9.17) is 4.74 Å². The number of hydrogen-bond acceptors (Lipinski definition) is 6. The second-order valence-corrected chi connectivity index (χ2v) is 11.4. The number of amides is 1. The van der Waals surface area contributed by atoms with Crippen molar-refractivity contribution < 1.29 is 14.6 Å². The van der Waals surface area contributed by atoms with Crippen LogP contribution in [0, 0.1) is 6.92 Å². The lowest BCUT2D eigenvalue weighted by molar-refractivity contribution is -0.143. The van der Waals surface area contributed by atoms with Gasteiger partial charge in [0, 0.05) is 29.2 Å². The summed E-state index contributed by atoms with van der Waals surface area (Å²) in [5.41, 5.74) is 8.11. The fourth-order valence-electron chi connectivity index (χ4n) is 6.38. The number of fused-ring (bicyclic) bond motifs is 2. The summed E-state index contributed by atoms with van der Waals surface area (Å²) in [5.74, 6) is 0.922. The molecule has 0 aliphatic carbocycles. The maximum absolute atomic E-state index is 12.9. The molecule has 0 saturated carbocycles. The smallest absolute Gasteiger partial charge is 0.237 e. The third-order valence-corrected chi connectivity index (χ3v) is 8.46. The number of morpholine rings is 1. The number of aliphatic hydroxyl groups excluding tert-OH is 1. The number of carbonyl (C=O) groups is 1. The number of aliphatic hydroxyl groups is 1. The normalized spacial score (nSPS) is 19.5. The number of aromatic amines is 1. The fourth-order valence-corrected chi connectivity index (χ4v) is 6.38. The van der Waals surface area contributed by atoms with Gasteiger partial charge >= 0.3 is 0 Å². The van der Waals surface area contributed by atoms with E-state index in [1.807, 2.05) is 4.52 Å². The Balaban J connectivity index is 1.20. The number of aryl methyl sites for hydroxylation is 1. The van der Waals surface area contributed by atoms with E-state index in [1.165, 1.54) is 16.5 Å². The van der Waals surface area contributed by atoms with Gasteiger partial charge in [0.1, 0.15) is 6.33 Å². The Morgan fingerprint density at radius 1 is 1.21 bits per heavy atom. The summed E-state index contributed by atoms with van der Waals surface area (Å²) in [6.45, 7) is 10.3. The molecule has 1 amide bonds. The average molecular weight is 531 g/mol. The van der Waals surface area contributed by atoms with Crippen LogP contribution in [0.1, 0.15) is 55.2 Å². The van der Waals surface area contributed by atoms with Gasteiger partial charge in [-0.3, -0.25) is 9.69 Å². The number of H-pyrrole nitrogens is 1. The lowest BCUT2D eigenvalue weighted by atomic mass is 9.87. The van der Waals surface area contributed by atoms with Crippen LogP contribution in [0.5, 0.6) is 0 Å². The summed E-state index contributed by atoms with van der Waals surface area (Å²) >= 11 is 0. The molecule has 3 aromatic heterocycles. The SMILES string of the molecule is Cc1cc(-c2[nH]c3ccc(C4CCN(CC(=O)N5CCOCC5CO)CC4)cc3c2C(C)C)cn2ncnc12. The van der Waals surface area contributed by atoms with Gasteiger partial charge in [-0.1, -0.05) is 19.9 Å². The number of hydrogen-bond donors (Lipinski definition) is 2. The molecule has 0 radical (unpaired) electrons. The van der Waals surface area contributed by atoms with E-state index in [9.17, 15) is 9.90 Å². The molecule has 1 aromatic carbocycles. The van der Waals surface area contributed by atoms with Gasteiger partial charge in [0.25, 0.3) is 0 Å². The van der Waals surface area contributed by atoms with Crippen LogP contribution in [0.15, 0.2) is 36.8 Å². The molecule has 1 atom stereocenters. The maximum Gasteiger partial charge on any atom is 0.237 e. The Morgan fingerprint density at radius 3 is 2.79 bits per heavy atom. The summed E-state index contributed by atoms with van der Waals surface area (Å²) in [6, 6.07) is 8.85. The Kier molecular flexibility index (Phi) is 7.14. The molecule has 2 aliphatic heterocycles. The van der Waals surface area contributed by atoms with Crippen molar-refractivity contribution in [3.05, 3.63) is 53.5 Å². The van der Waals surface area contributed by atoms with Gasteiger partial charge in [0.15, 0.2) is 5.65 Å². The number of rotatable bonds is 6. The Morgan fingerprint density at radius 2 is 2.03 bits per heavy atom. The number of aromatic nitrogens is 4. The van der Waals surface area contributed by atoms with Crippen LogP contribution < -0.4 is 0 Å². The molecule has 39 heavy (non-hydrogen) atoms. The number of likely N-dealkylation sites (tertiary alicyclic amines) is 1. The van der Waals surface area contributed by atoms with Crippen LogP contribution in [-0.4, -0.2) is 92.4 Å². The first-order valence-corrected chi connectivity index (χ1v) is 14.1. The van der Waals surface area contributed by atoms with Crippen molar-refractivity contribution in [3.63, 3.8) is 0 Å². The van der Waals surface area contributed by atoms with Gasteiger partial charge in [0.05, 0.1) is 38.1 Å². The highest BCUT2D eigenvalue weighted by atomic mass is 16.5. The molecule has 2 fully saturated rings. The van der Waals surface area contributed by atoms with Crippen LogP contribution in [-0.2, 0) is 9.53 Å². The molecule has 2 aliphatic rings. The van der Waals surface area contributed by atoms with Crippen molar-refractivity contribution in [2.75, 3.05) is 46.0 Å². The number of benzene rings is 1. The zero-order valence-electron chi connectivity index (χ0n) is 23.1. The number of nitrogens with zero attached hydrogens (tertiary/aromatic N) is 5. The summed E-state index contributed by atoms with van der Waals surface area (Å²) in [5, 5.41) is 15.3. The van der Waals surface area contributed by atoms with Gasteiger partial charge in [-0.15, -0.1) is 0 Å². The summed E-state index contributed by atoms with van der Waals surface area (Å²) in [4.78, 5) is 25.1. The predicted octanol–water partition coefficient (Wildman–Crippen LogP) is 3.71.